The number of benzene rings is 1. The first-order valence-corrected chi connectivity index (χ1v) is 13.3. The van der Waals surface area contributed by atoms with E-state index < -0.39 is 0 Å². The lowest BCUT2D eigenvalue weighted by molar-refractivity contribution is -0.118. The summed E-state index contributed by atoms with van der Waals surface area (Å²) in [5, 5.41) is 6.30. The summed E-state index contributed by atoms with van der Waals surface area (Å²) in [4.78, 5) is 29.8. The molecular formula is C30H33FN6O2. The maximum Gasteiger partial charge on any atom is 0.221 e. The summed E-state index contributed by atoms with van der Waals surface area (Å²) in [6.07, 6.45) is 11.7. The number of aromatic nitrogens is 3. The van der Waals surface area contributed by atoms with E-state index in [4.69, 9.17) is 0 Å². The van der Waals surface area contributed by atoms with Gasteiger partial charge >= 0.3 is 0 Å². The van der Waals surface area contributed by atoms with Crippen molar-refractivity contribution in [1.29, 1.82) is 0 Å². The van der Waals surface area contributed by atoms with E-state index in [9.17, 15) is 9.59 Å². The molecule has 2 N–H and O–H groups in total. The number of halogens is 1. The molecule has 0 spiro atoms. The van der Waals surface area contributed by atoms with E-state index in [1.807, 2.05) is 41.1 Å². The summed E-state index contributed by atoms with van der Waals surface area (Å²) in [5.41, 5.74) is 5.21. The lowest BCUT2D eigenvalue weighted by atomic mass is 10.0. The smallest absolute Gasteiger partial charge is 0.221 e. The Morgan fingerprint density at radius 1 is 1.21 bits per heavy atom. The minimum absolute atomic E-state index is 0.239. The van der Waals surface area contributed by atoms with E-state index in [-0.39, 0.29) is 11.7 Å². The number of nitrogens with zero attached hydrogens (tertiary/aromatic N) is 4. The summed E-state index contributed by atoms with van der Waals surface area (Å²) in [5.74, 6) is -0.540. The Kier molecular flexibility index (Phi) is 7.88. The maximum absolute atomic E-state index is 15.1. The van der Waals surface area contributed by atoms with Gasteiger partial charge in [-0.1, -0.05) is 19.1 Å². The molecule has 1 saturated heterocycles. The van der Waals surface area contributed by atoms with Crippen LogP contribution in [0.5, 0.6) is 0 Å². The summed E-state index contributed by atoms with van der Waals surface area (Å²) in [7, 11) is 0. The summed E-state index contributed by atoms with van der Waals surface area (Å²) >= 11 is 0. The minimum Gasteiger partial charge on any atom is -0.357 e. The van der Waals surface area contributed by atoms with Gasteiger partial charge in [0.2, 0.25) is 12.3 Å². The molecule has 2 amide bonds. The van der Waals surface area contributed by atoms with Crippen molar-refractivity contribution in [3.63, 3.8) is 0 Å². The number of imidazole rings is 1. The van der Waals surface area contributed by atoms with E-state index in [2.05, 4.69) is 31.7 Å². The molecule has 9 heteroatoms. The number of hydrogen-bond donors (Lipinski definition) is 2. The Hall–Kier alpha value is -4.24. The normalized spacial score (nSPS) is 14.6. The lowest BCUT2D eigenvalue weighted by Crippen LogP contribution is -2.29. The van der Waals surface area contributed by atoms with E-state index in [0.717, 1.165) is 59.3 Å². The third kappa shape index (κ3) is 5.78. The number of amides is 2. The molecule has 1 aliphatic heterocycles. The van der Waals surface area contributed by atoms with Crippen LogP contribution in [0.4, 0.5) is 4.39 Å². The molecule has 202 valence electrons. The number of carbonyl (C=O) groups excluding carboxylic acids is 2. The second-order valence-electron chi connectivity index (χ2n) is 9.94. The molecule has 8 nitrogen and oxygen atoms in total. The van der Waals surface area contributed by atoms with Gasteiger partial charge in [-0.25, -0.2) is 9.37 Å². The molecule has 0 aliphatic carbocycles. The van der Waals surface area contributed by atoms with Crippen molar-refractivity contribution >= 4 is 40.5 Å². The highest BCUT2D eigenvalue weighted by atomic mass is 19.1. The molecule has 0 bridgehead atoms. The van der Waals surface area contributed by atoms with Crippen LogP contribution >= 0.6 is 0 Å². The van der Waals surface area contributed by atoms with Gasteiger partial charge in [-0.05, 0) is 61.8 Å². The van der Waals surface area contributed by atoms with Crippen LogP contribution in [0.1, 0.15) is 43.0 Å². The van der Waals surface area contributed by atoms with E-state index >= 15 is 4.39 Å². The fourth-order valence-electron chi connectivity index (χ4n) is 5.41. The van der Waals surface area contributed by atoms with E-state index in [0.29, 0.717) is 37.3 Å². The van der Waals surface area contributed by atoms with Gasteiger partial charge in [0.25, 0.3) is 0 Å². The molecule has 1 aliphatic rings. The minimum atomic E-state index is -0.301. The maximum atomic E-state index is 15.1. The van der Waals surface area contributed by atoms with Gasteiger partial charge in [-0.15, -0.1) is 0 Å². The number of allylic oxidation sites excluding steroid dienone is 1. The predicted molar refractivity (Wildman–Crippen MR) is 151 cm³/mol. The molecule has 1 aromatic carbocycles. The van der Waals surface area contributed by atoms with Crippen LogP contribution in [0, 0.1) is 5.82 Å². The van der Waals surface area contributed by atoms with Crippen LogP contribution in [0.3, 0.4) is 0 Å². The van der Waals surface area contributed by atoms with Crippen LogP contribution in [-0.2, 0) is 22.7 Å². The van der Waals surface area contributed by atoms with Crippen LogP contribution in [0.15, 0.2) is 61.2 Å². The molecule has 4 heterocycles. The van der Waals surface area contributed by atoms with Crippen molar-refractivity contribution < 1.29 is 14.0 Å². The fraction of sp³-hybridized carbons (Fsp3) is 0.300. The van der Waals surface area contributed by atoms with Crippen molar-refractivity contribution in [3.8, 4) is 0 Å². The molecule has 1 fully saturated rings. The molecule has 0 radical (unpaired) electrons. The van der Waals surface area contributed by atoms with Gasteiger partial charge in [-0.3, -0.25) is 18.9 Å². The zero-order valence-corrected chi connectivity index (χ0v) is 22.1. The highest BCUT2D eigenvalue weighted by Gasteiger charge is 2.19. The van der Waals surface area contributed by atoms with Crippen molar-refractivity contribution in [1.82, 2.24) is 29.5 Å². The molecule has 0 atom stereocenters. The van der Waals surface area contributed by atoms with Crippen molar-refractivity contribution in [2.75, 3.05) is 19.6 Å². The molecule has 39 heavy (non-hydrogen) atoms. The SMILES string of the molecule is C=C(NC(C)=O)/C(=C/c1cn(CCNC=O)c2c(CN3CCCCC3)cc(F)cc12)c1cnc2ccccn12. The molecular weight excluding hydrogens is 495 g/mol. The van der Waals surface area contributed by atoms with Crippen LogP contribution in [-0.4, -0.2) is 50.8 Å². The molecule has 4 aromatic rings. The second-order valence-corrected chi connectivity index (χ2v) is 9.94. The number of pyridine rings is 1. The Labute approximate surface area is 226 Å². The second kappa shape index (κ2) is 11.7. The topological polar surface area (TPSA) is 83.7 Å². The highest BCUT2D eigenvalue weighted by molar-refractivity contribution is 6.00. The summed E-state index contributed by atoms with van der Waals surface area (Å²) < 4.78 is 19.1. The standard InChI is InChI=1S/C30H33FN6O2/c1-21(34-22(2)39)26(28-17-33-29-8-4-7-12-37(28)29)15-23-19-36(13-9-32-20-38)30-24(14-25(31)16-27(23)30)18-35-10-5-3-6-11-35/h4,7-8,12,14-17,19-20H,1,3,5-6,9-11,13,18H2,2H3,(H,32,38)(H,34,39)/b26-15-. The molecule has 0 unspecified atom stereocenters. The quantitative estimate of drug-likeness (QED) is 0.182. The zero-order chi connectivity index (χ0) is 27.4. The number of piperidine rings is 1. The first kappa shape index (κ1) is 26.4. The van der Waals surface area contributed by atoms with E-state index in [1.165, 1.54) is 13.3 Å². The average molecular weight is 529 g/mol. The number of likely N-dealkylation sites (tertiary alicyclic amines) is 1. The fourth-order valence-corrected chi connectivity index (χ4v) is 5.41. The van der Waals surface area contributed by atoms with Crippen LogP contribution < -0.4 is 10.6 Å². The monoisotopic (exact) mass is 528 g/mol. The number of rotatable bonds is 10. The molecule has 3 aromatic heterocycles. The zero-order valence-electron chi connectivity index (χ0n) is 22.1. The number of carbonyl (C=O) groups is 2. The number of fused-ring (bicyclic) bond motifs is 2. The van der Waals surface area contributed by atoms with Gasteiger partial charge in [0, 0.05) is 61.2 Å². The molecule has 5 rings (SSSR count). The van der Waals surface area contributed by atoms with Crippen LogP contribution in [0.2, 0.25) is 0 Å². The predicted octanol–water partition coefficient (Wildman–Crippen LogP) is 4.35. The van der Waals surface area contributed by atoms with E-state index in [1.54, 1.807) is 18.3 Å². The summed E-state index contributed by atoms with van der Waals surface area (Å²) in [6, 6.07) is 8.89. The van der Waals surface area contributed by atoms with Crippen molar-refractivity contribution in [3.05, 3.63) is 83.8 Å². The van der Waals surface area contributed by atoms with Crippen LogP contribution in [0.25, 0.3) is 28.2 Å². The Balaban J connectivity index is 1.68. The lowest BCUT2D eigenvalue weighted by Gasteiger charge is -2.27. The van der Waals surface area contributed by atoms with Gasteiger partial charge < -0.3 is 15.2 Å². The average Bonchev–Trinajstić information content (AvgIpc) is 3.49. The highest BCUT2D eigenvalue weighted by Crippen LogP contribution is 2.32. The number of nitrogens with one attached hydrogen (secondary N) is 2. The Morgan fingerprint density at radius 2 is 2.03 bits per heavy atom. The van der Waals surface area contributed by atoms with Gasteiger partial charge in [0.1, 0.15) is 11.5 Å². The first-order chi connectivity index (χ1) is 18.9. The van der Waals surface area contributed by atoms with Crippen molar-refractivity contribution in [2.45, 2.75) is 39.3 Å². The largest absolute Gasteiger partial charge is 0.357 e. The van der Waals surface area contributed by atoms with Crippen molar-refractivity contribution in [2.24, 2.45) is 0 Å². The Morgan fingerprint density at radius 3 is 2.79 bits per heavy atom. The Bertz CT molecular complexity index is 1560. The first-order valence-electron chi connectivity index (χ1n) is 13.3. The third-order valence-corrected chi connectivity index (χ3v) is 7.11. The van der Waals surface area contributed by atoms with Gasteiger partial charge in [-0.2, -0.15) is 0 Å². The van der Waals surface area contributed by atoms with Gasteiger partial charge in [0.05, 0.1) is 17.4 Å². The molecule has 0 saturated carbocycles. The third-order valence-electron chi connectivity index (χ3n) is 7.11. The summed E-state index contributed by atoms with van der Waals surface area (Å²) in [6.45, 7) is 9.18. The van der Waals surface area contributed by atoms with Gasteiger partial charge in [0.15, 0.2) is 0 Å². The number of hydrogen-bond acceptors (Lipinski definition) is 4.